The Morgan fingerprint density at radius 1 is 1.28 bits per heavy atom. The molecular weight excluding hydrogens is 434 g/mol. The molecule has 1 aliphatic heterocycles. The number of nitrogens with zero attached hydrogens (tertiary/aromatic N) is 2. The number of guanidine groups is 1. The second-order valence-corrected chi connectivity index (χ2v) is 6.19. The highest BCUT2D eigenvalue weighted by molar-refractivity contribution is 14.0. The fourth-order valence-electron chi connectivity index (χ4n) is 2.69. The van der Waals surface area contributed by atoms with Crippen molar-refractivity contribution in [2.24, 2.45) is 10.9 Å². The van der Waals surface area contributed by atoms with Crippen LogP contribution in [-0.2, 0) is 11.3 Å². The predicted molar refractivity (Wildman–Crippen MR) is 111 cm³/mol. The SMILES string of the molecule is CCNC(=NCc1ccccc1F)NCC(C)CN1CCOCC1.I. The molecule has 0 radical (unpaired) electrons. The van der Waals surface area contributed by atoms with Crippen molar-refractivity contribution in [1.82, 2.24) is 15.5 Å². The summed E-state index contributed by atoms with van der Waals surface area (Å²) in [5.41, 5.74) is 0.607. The Hall–Kier alpha value is -0.930. The fourth-order valence-corrected chi connectivity index (χ4v) is 2.69. The zero-order valence-electron chi connectivity index (χ0n) is 15.1. The van der Waals surface area contributed by atoms with Gasteiger partial charge in [-0.05, 0) is 18.9 Å². The summed E-state index contributed by atoms with van der Waals surface area (Å²) >= 11 is 0. The summed E-state index contributed by atoms with van der Waals surface area (Å²) in [4.78, 5) is 6.91. The van der Waals surface area contributed by atoms with E-state index in [9.17, 15) is 4.39 Å². The number of hydrogen-bond acceptors (Lipinski definition) is 3. The topological polar surface area (TPSA) is 48.9 Å². The molecule has 1 fully saturated rings. The number of halogens is 2. The summed E-state index contributed by atoms with van der Waals surface area (Å²) in [7, 11) is 0. The minimum atomic E-state index is -0.210. The van der Waals surface area contributed by atoms with Gasteiger partial charge < -0.3 is 15.4 Å². The van der Waals surface area contributed by atoms with Crippen molar-refractivity contribution < 1.29 is 9.13 Å². The number of rotatable bonds is 7. The lowest BCUT2D eigenvalue weighted by Crippen LogP contribution is -2.44. The third kappa shape index (κ3) is 8.33. The highest BCUT2D eigenvalue weighted by atomic mass is 127. The van der Waals surface area contributed by atoms with Gasteiger partial charge in [0.1, 0.15) is 5.82 Å². The average Bonchev–Trinajstić information content (AvgIpc) is 2.59. The number of ether oxygens (including phenoxy) is 1. The van der Waals surface area contributed by atoms with E-state index in [1.54, 1.807) is 12.1 Å². The van der Waals surface area contributed by atoms with E-state index >= 15 is 0 Å². The maximum Gasteiger partial charge on any atom is 0.191 e. The normalized spacial score (nSPS) is 16.8. The molecule has 0 aromatic heterocycles. The van der Waals surface area contributed by atoms with Crippen LogP contribution in [0.15, 0.2) is 29.3 Å². The molecule has 0 amide bonds. The molecule has 1 aromatic carbocycles. The van der Waals surface area contributed by atoms with E-state index in [2.05, 4.69) is 27.4 Å². The zero-order chi connectivity index (χ0) is 17.2. The minimum Gasteiger partial charge on any atom is -0.379 e. The number of hydrogen-bond donors (Lipinski definition) is 2. The maximum atomic E-state index is 13.7. The lowest BCUT2D eigenvalue weighted by Gasteiger charge is -2.29. The van der Waals surface area contributed by atoms with Crippen LogP contribution in [0.1, 0.15) is 19.4 Å². The van der Waals surface area contributed by atoms with Gasteiger partial charge in [0.25, 0.3) is 0 Å². The van der Waals surface area contributed by atoms with Crippen LogP contribution in [0, 0.1) is 11.7 Å². The zero-order valence-corrected chi connectivity index (χ0v) is 17.5. The maximum absolute atomic E-state index is 13.7. The highest BCUT2D eigenvalue weighted by Crippen LogP contribution is 2.07. The second-order valence-electron chi connectivity index (χ2n) is 6.19. The van der Waals surface area contributed by atoms with Gasteiger partial charge in [-0.3, -0.25) is 4.90 Å². The van der Waals surface area contributed by atoms with Gasteiger partial charge in [-0.2, -0.15) is 0 Å². The van der Waals surface area contributed by atoms with Gasteiger partial charge in [0.15, 0.2) is 5.96 Å². The first-order valence-electron chi connectivity index (χ1n) is 8.74. The Balaban J connectivity index is 0.00000312. The average molecular weight is 464 g/mol. The van der Waals surface area contributed by atoms with E-state index in [1.165, 1.54) is 6.07 Å². The van der Waals surface area contributed by atoms with Crippen LogP contribution >= 0.6 is 24.0 Å². The second kappa shape index (κ2) is 12.4. The molecule has 1 saturated heterocycles. The Labute approximate surface area is 167 Å². The van der Waals surface area contributed by atoms with Crippen molar-refractivity contribution in [3.8, 4) is 0 Å². The molecule has 5 nitrogen and oxygen atoms in total. The van der Waals surface area contributed by atoms with Crippen LogP contribution in [0.2, 0.25) is 0 Å². The monoisotopic (exact) mass is 464 g/mol. The van der Waals surface area contributed by atoms with Gasteiger partial charge in [-0.1, -0.05) is 25.1 Å². The third-order valence-electron chi connectivity index (χ3n) is 4.00. The molecule has 1 heterocycles. The van der Waals surface area contributed by atoms with E-state index < -0.39 is 0 Å². The van der Waals surface area contributed by atoms with Gasteiger partial charge in [0.2, 0.25) is 0 Å². The minimum absolute atomic E-state index is 0. The lowest BCUT2D eigenvalue weighted by atomic mass is 10.1. The summed E-state index contributed by atoms with van der Waals surface area (Å²) < 4.78 is 19.1. The molecule has 0 spiro atoms. The number of benzene rings is 1. The molecule has 0 aliphatic carbocycles. The van der Waals surface area contributed by atoms with Gasteiger partial charge in [-0.25, -0.2) is 9.38 Å². The number of aliphatic imine (C=N–C) groups is 1. The fraction of sp³-hybridized carbons (Fsp3) is 0.611. The summed E-state index contributed by atoms with van der Waals surface area (Å²) in [6, 6.07) is 6.76. The molecule has 1 aliphatic rings. The molecule has 25 heavy (non-hydrogen) atoms. The highest BCUT2D eigenvalue weighted by Gasteiger charge is 2.14. The molecule has 7 heteroatoms. The summed E-state index contributed by atoms with van der Waals surface area (Å²) in [5, 5.41) is 6.57. The largest absolute Gasteiger partial charge is 0.379 e. The lowest BCUT2D eigenvalue weighted by molar-refractivity contribution is 0.0320. The molecule has 1 unspecified atom stereocenters. The molecule has 0 saturated carbocycles. The van der Waals surface area contributed by atoms with Crippen molar-refractivity contribution >= 4 is 29.9 Å². The Morgan fingerprint density at radius 3 is 2.68 bits per heavy atom. The van der Waals surface area contributed by atoms with E-state index in [0.717, 1.165) is 51.9 Å². The quantitative estimate of drug-likeness (QED) is 0.370. The molecule has 2 rings (SSSR count). The molecule has 1 atom stereocenters. The van der Waals surface area contributed by atoms with E-state index in [-0.39, 0.29) is 29.8 Å². The molecular formula is C18H30FIN4O. The van der Waals surface area contributed by atoms with Crippen LogP contribution in [0.4, 0.5) is 4.39 Å². The third-order valence-corrected chi connectivity index (χ3v) is 4.00. The van der Waals surface area contributed by atoms with Gasteiger partial charge >= 0.3 is 0 Å². The van der Waals surface area contributed by atoms with E-state index in [1.807, 2.05) is 13.0 Å². The predicted octanol–water partition coefficient (Wildman–Crippen LogP) is 2.47. The Morgan fingerprint density at radius 2 is 2.00 bits per heavy atom. The summed E-state index contributed by atoms with van der Waals surface area (Å²) in [6.07, 6.45) is 0. The summed E-state index contributed by atoms with van der Waals surface area (Å²) in [5.74, 6) is 1.02. The van der Waals surface area contributed by atoms with Crippen molar-refractivity contribution in [2.75, 3.05) is 45.9 Å². The standard InChI is InChI=1S/C18H29FN4O.HI/c1-3-20-18(22-13-16-6-4-5-7-17(16)19)21-12-15(2)14-23-8-10-24-11-9-23;/h4-7,15H,3,8-14H2,1-2H3,(H2,20,21,22);1H. The van der Waals surface area contributed by atoms with Gasteiger partial charge in [-0.15, -0.1) is 24.0 Å². The van der Waals surface area contributed by atoms with E-state index in [0.29, 0.717) is 18.0 Å². The first kappa shape index (κ1) is 22.1. The number of nitrogens with one attached hydrogen (secondary N) is 2. The molecule has 1 aromatic rings. The Kier molecular flexibility index (Phi) is 11.0. The van der Waals surface area contributed by atoms with Gasteiger partial charge in [0.05, 0.1) is 19.8 Å². The van der Waals surface area contributed by atoms with Gasteiger partial charge in [0, 0.05) is 38.3 Å². The van der Waals surface area contributed by atoms with Crippen molar-refractivity contribution in [3.63, 3.8) is 0 Å². The van der Waals surface area contributed by atoms with Crippen molar-refractivity contribution in [2.45, 2.75) is 20.4 Å². The van der Waals surface area contributed by atoms with Crippen LogP contribution in [0.3, 0.4) is 0 Å². The van der Waals surface area contributed by atoms with Crippen LogP contribution < -0.4 is 10.6 Å². The Bertz CT molecular complexity index is 524. The smallest absolute Gasteiger partial charge is 0.191 e. The first-order valence-corrected chi connectivity index (χ1v) is 8.74. The summed E-state index contributed by atoms with van der Waals surface area (Å²) in [6.45, 7) is 10.9. The van der Waals surface area contributed by atoms with Crippen LogP contribution in [-0.4, -0.2) is 56.8 Å². The van der Waals surface area contributed by atoms with Crippen LogP contribution in [0.25, 0.3) is 0 Å². The van der Waals surface area contributed by atoms with Crippen molar-refractivity contribution in [3.05, 3.63) is 35.6 Å². The molecule has 0 bridgehead atoms. The van der Waals surface area contributed by atoms with E-state index in [4.69, 9.17) is 4.74 Å². The first-order chi connectivity index (χ1) is 11.7. The molecule has 142 valence electrons. The molecule has 2 N–H and O–H groups in total. The number of morpholine rings is 1. The van der Waals surface area contributed by atoms with Crippen molar-refractivity contribution in [1.29, 1.82) is 0 Å². The van der Waals surface area contributed by atoms with Crippen LogP contribution in [0.5, 0.6) is 0 Å².